The van der Waals surface area contributed by atoms with Crippen LogP contribution in [0.2, 0.25) is 0 Å². The fourth-order valence-corrected chi connectivity index (χ4v) is 1.40. The summed E-state index contributed by atoms with van der Waals surface area (Å²) in [5.41, 5.74) is 0.0573. The van der Waals surface area contributed by atoms with E-state index in [1.807, 2.05) is 0 Å². The van der Waals surface area contributed by atoms with Crippen LogP contribution in [-0.4, -0.2) is 12.9 Å². The number of alkyl halides is 3. The molecule has 2 rings (SSSR count). The van der Waals surface area contributed by atoms with E-state index in [0.717, 1.165) is 12.1 Å². The standard InChI is InChI=1S/C11H9F3N2/c12-11(13,14)9-2-4-10(5-3-9)16-7-1-6-15-8-16/h1-7H,8H2. The fourth-order valence-electron chi connectivity index (χ4n) is 1.40. The zero-order valence-electron chi connectivity index (χ0n) is 8.28. The summed E-state index contributed by atoms with van der Waals surface area (Å²) >= 11 is 0. The van der Waals surface area contributed by atoms with Crippen molar-refractivity contribution < 1.29 is 13.2 Å². The lowest BCUT2D eigenvalue weighted by Crippen LogP contribution is -2.18. The Labute approximate surface area is 90.7 Å². The number of aliphatic imine (C=N–C) groups is 1. The summed E-state index contributed by atoms with van der Waals surface area (Å²) in [6, 6.07) is 5.02. The molecule has 0 spiro atoms. The zero-order chi connectivity index (χ0) is 11.6. The van der Waals surface area contributed by atoms with Crippen LogP contribution >= 0.6 is 0 Å². The molecule has 0 radical (unpaired) electrons. The van der Waals surface area contributed by atoms with Crippen LogP contribution in [0.5, 0.6) is 0 Å². The average molecular weight is 226 g/mol. The SMILES string of the molecule is FC(F)(F)c1ccc(N2C=CC=NC2)cc1. The van der Waals surface area contributed by atoms with Gasteiger partial charge in [0, 0.05) is 18.1 Å². The molecule has 84 valence electrons. The first-order valence-corrected chi connectivity index (χ1v) is 4.68. The van der Waals surface area contributed by atoms with Crippen LogP contribution in [0, 0.1) is 0 Å². The first-order chi connectivity index (χ1) is 7.57. The van der Waals surface area contributed by atoms with Crippen LogP contribution in [0.1, 0.15) is 5.56 Å². The molecule has 1 aromatic carbocycles. The summed E-state index contributed by atoms with van der Waals surface area (Å²) in [7, 11) is 0. The summed E-state index contributed by atoms with van der Waals surface area (Å²) in [5, 5.41) is 0. The first kappa shape index (κ1) is 10.7. The Morgan fingerprint density at radius 3 is 2.31 bits per heavy atom. The minimum atomic E-state index is -4.28. The maximum absolute atomic E-state index is 12.3. The molecule has 0 unspecified atom stereocenters. The zero-order valence-corrected chi connectivity index (χ0v) is 8.28. The number of anilines is 1. The Bertz CT molecular complexity index is 418. The predicted octanol–water partition coefficient (Wildman–Crippen LogP) is 3.07. The molecule has 5 heteroatoms. The van der Waals surface area contributed by atoms with Crippen LogP contribution in [0.3, 0.4) is 0 Å². The number of rotatable bonds is 1. The van der Waals surface area contributed by atoms with Crippen molar-refractivity contribution in [2.24, 2.45) is 4.99 Å². The molecule has 0 amide bonds. The largest absolute Gasteiger partial charge is 0.416 e. The van der Waals surface area contributed by atoms with Crippen LogP contribution in [0.4, 0.5) is 18.9 Å². The Morgan fingerprint density at radius 1 is 1.12 bits per heavy atom. The quantitative estimate of drug-likeness (QED) is 0.718. The van der Waals surface area contributed by atoms with Crippen molar-refractivity contribution in [2.75, 3.05) is 11.6 Å². The van der Waals surface area contributed by atoms with Gasteiger partial charge in [-0.25, -0.2) is 0 Å². The molecule has 0 saturated carbocycles. The Kier molecular flexibility index (Phi) is 2.68. The molecule has 0 aromatic heterocycles. The minimum absolute atomic E-state index is 0.432. The van der Waals surface area contributed by atoms with Gasteiger partial charge in [-0.05, 0) is 30.3 Å². The summed E-state index contributed by atoms with van der Waals surface area (Å²) in [4.78, 5) is 5.76. The number of hydrogen-bond donors (Lipinski definition) is 0. The number of nitrogens with zero attached hydrogens (tertiary/aromatic N) is 2. The second kappa shape index (κ2) is 4.00. The van der Waals surface area contributed by atoms with Crippen molar-refractivity contribution in [3.63, 3.8) is 0 Å². The number of benzene rings is 1. The minimum Gasteiger partial charge on any atom is -0.328 e. The van der Waals surface area contributed by atoms with Gasteiger partial charge in [0.15, 0.2) is 0 Å². The highest BCUT2D eigenvalue weighted by molar-refractivity contribution is 5.74. The van der Waals surface area contributed by atoms with Crippen molar-refractivity contribution in [3.8, 4) is 0 Å². The van der Waals surface area contributed by atoms with Crippen molar-refractivity contribution >= 4 is 11.9 Å². The third-order valence-electron chi connectivity index (χ3n) is 2.22. The van der Waals surface area contributed by atoms with Crippen LogP contribution in [0.25, 0.3) is 0 Å². The molecule has 2 nitrogen and oxygen atoms in total. The van der Waals surface area contributed by atoms with Crippen LogP contribution < -0.4 is 4.90 Å². The second-order valence-electron chi connectivity index (χ2n) is 3.33. The molecule has 1 heterocycles. The third-order valence-corrected chi connectivity index (χ3v) is 2.22. The highest BCUT2D eigenvalue weighted by Crippen LogP contribution is 2.30. The number of halogens is 3. The Hall–Kier alpha value is -1.78. The number of hydrogen-bond acceptors (Lipinski definition) is 2. The molecule has 0 atom stereocenters. The van der Waals surface area contributed by atoms with Gasteiger partial charge in [-0.2, -0.15) is 13.2 Å². The smallest absolute Gasteiger partial charge is 0.328 e. The van der Waals surface area contributed by atoms with Gasteiger partial charge >= 0.3 is 6.18 Å². The van der Waals surface area contributed by atoms with Crippen molar-refractivity contribution in [1.82, 2.24) is 0 Å². The molecule has 1 aromatic rings. The van der Waals surface area contributed by atoms with Crippen molar-refractivity contribution in [1.29, 1.82) is 0 Å². The van der Waals surface area contributed by atoms with E-state index in [2.05, 4.69) is 4.99 Å². The van der Waals surface area contributed by atoms with Gasteiger partial charge in [-0.15, -0.1) is 0 Å². The van der Waals surface area contributed by atoms with Crippen LogP contribution in [-0.2, 0) is 6.18 Å². The van der Waals surface area contributed by atoms with Crippen molar-refractivity contribution in [2.45, 2.75) is 6.18 Å². The van der Waals surface area contributed by atoms with Gasteiger partial charge in [-0.1, -0.05) is 0 Å². The van der Waals surface area contributed by atoms with E-state index in [1.165, 1.54) is 12.1 Å². The molecule has 0 fully saturated rings. The summed E-state index contributed by atoms with van der Waals surface area (Å²) in [6.07, 6.45) is 0.881. The van der Waals surface area contributed by atoms with E-state index in [0.29, 0.717) is 12.4 Å². The van der Waals surface area contributed by atoms with Gasteiger partial charge in [0.2, 0.25) is 0 Å². The van der Waals surface area contributed by atoms with Gasteiger partial charge < -0.3 is 4.90 Å². The molecule has 1 aliphatic rings. The predicted molar refractivity (Wildman–Crippen MR) is 56.4 cm³/mol. The summed E-state index contributed by atoms with van der Waals surface area (Å²) < 4.78 is 36.9. The topological polar surface area (TPSA) is 15.6 Å². The van der Waals surface area contributed by atoms with E-state index < -0.39 is 11.7 Å². The highest BCUT2D eigenvalue weighted by Gasteiger charge is 2.30. The molecule has 0 aliphatic carbocycles. The summed E-state index contributed by atoms with van der Waals surface area (Å²) in [6.45, 7) is 0.432. The number of allylic oxidation sites excluding steroid dienone is 1. The van der Waals surface area contributed by atoms with Crippen molar-refractivity contribution in [3.05, 3.63) is 42.1 Å². The van der Waals surface area contributed by atoms with E-state index in [4.69, 9.17) is 0 Å². The maximum Gasteiger partial charge on any atom is 0.416 e. The second-order valence-corrected chi connectivity index (χ2v) is 3.33. The van der Waals surface area contributed by atoms with E-state index in [9.17, 15) is 13.2 Å². The van der Waals surface area contributed by atoms with Crippen LogP contribution in [0.15, 0.2) is 41.5 Å². The molecule has 0 bridgehead atoms. The molecule has 16 heavy (non-hydrogen) atoms. The van der Waals surface area contributed by atoms with Gasteiger partial charge in [-0.3, -0.25) is 4.99 Å². The Balaban J connectivity index is 2.19. The normalized spacial score (nSPS) is 15.6. The first-order valence-electron chi connectivity index (χ1n) is 4.68. The van der Waals surface area contributed by atoms with E-state index in [-0.39, 0.29) is 0 Å². The Morgan fingerprint density at radius 2 is 1.81 bits per heavy atom. The highest BCUT2D eigenvalue weighted by atomic mass is 19.4. The lowest BCUT2D eigenvalue weighted by atomic mass is 10.2. The lowest BCUT2D eigenvalue weighted by Gasteiger charge is -2.20. The molecular formula is C11H9F3N2. The van der Waals surface area contributed by atoms with Gasteiger partial charge in [0.05, 0.1) is 5.56 Å². The van der Waals surface area contributed by atoms with E-state index >= 15 is 0 Å². The molecule has 0 N–H and O–H groups in total. The molecular weight excluding hydrogens is 217 g/mol. The average Bonchev–Trinajstić information content (AvgIpc) is 2.29. The fraction of sp³-hybridized carbons (Fsp3) is 0.182. The third kappa shape index (κ3) is 2.24. The molecule has 0 saturated heterocycles. The van der Waals surface area contributed by atoms with Gasteiger partial charge in [0.25, 0.3) is 0 Å². The maximum atomic E-state index is 12.3. The summed E-state index contributed by atoms with van der Waals surface area (Å²) in [5.74, 6) is 0. The van der Waals surface area contributed by atoms with E-state index in [1.54, 1.807) is 23.4 Å². The molecule has 1 aliphatic heterocycles. The monoisotopic (exact) mass is 226 g/mol. The van der Waals surface area contributed by atoms with Gasteiger partial charge in [0.1, 0.15) is 6.67 Å². The lowest BCUT2D eigenvalue weighted by molar-refractivity contribution is -0.137.